The van der Waals surface area contributed by atoms with Gasteiger partial charge >= 0.3 is 0 Å². The Kier molecular flexibility index (Phi) is 5.86. The second kappa shape index (κ2) is 8.79. The van der Waals surface area contributed by atoms with Crippen LogP contribution in [0.5, 0.6) is 0 Å². The molecule has 0 radical (unpaired) electrons. The number of amides is 1. The van der Waals surface area contributed by atoms with Gasteiger partial charge in [-0.1, -0.05) is 43.2 Å². The first-order valence-corrected chi connectivity index (χ1v) is 12.4. The van der Waals surface area contributed by atoms with E-state index >= 15 is 0 Å². The van der Waals surface area contributed by atoms with E-state index in [4.69, 9.17) is 0 Å². The summed E-state index contributed by atoms with van der Waals surface area (Å²) in [5, 5.41) is 13.6. The number of likely N-dealkylation sites (tertiary alicyclic amines) is 1. The minimum absolute atomic E-state index is 0.0187. The molecule has 3 aromatic rings. The summed E-state index contributed by atoms with van der Waals surface area (Å²) in [4.78, 5) is 33.2. The smallest absolute Gasteiger partial charge is 0.262 e. The number of fused-ring (bicyclic) bond motifs is 1. The molecule has 2 unspecified atom stereocenters. The molecule has 5 rings (SSSR count). The molecule has 1 N–H and O–H groups in total. The Morgan fingerprint density at radius 1 is 1.12 bits per heavy atom. The Morgan fingerprint density at radius 2 is 1.88 bits per heavy atom. The van der Waals surface area contributed by atoms with E-state index in [2.05, 4.69) is 29.2 Å². The topological polar surface area (TPSA) is 75.4 Å². The van der Waals surface area contributed by atoms with Gasteiger partial charge in [0.05, 0.1) is 23.9 Å². The number of thiophene rings is 1. The van der Waals surface area contributed by atoms with Gasteiger partial charge in [-0.3, -0.25) is 14.2 Å². The van der Waals surface area contributed by atoms with Gasteiger partial charge in [0, 0.05) is 19.0 Å². The van der Waals surface area contributed by atoms with Gasteiger partial charge < -0.3 is 10.0 Å². The van der Waals surface area contributed by atoms with E-state index in [-0.39, 0.29) is 29.8 Å². The molecule has 6 nitrogen and oxygen atoms in total. The maximum Gasteiger partial charge on any atom is 0.262 e. The van der Waals surface area contributed by atoms with E-state index in [0.29, 0.717) is 31.3 Å². The molecule has 2 aliphatic rings. The third-order valence-corrected chi connectivity index (χ3v) is 8.05. The fourth-order valence-corrected chi connectivity index (χ4v) is 6.11. The van der Waals surface area contributed by atoms with Gasteiger partial charge in [-0.25, -0.2) is 4.98 Å². The van der Waals surface area contributed by atoms with Gasteiger partial charge in [0.1, 0.15) is 4.83 Å². The van der Waals surface area contributed by atoms with Gasteiger partial charge in [-0.15, -0.1) is 11.3 Å². The summed E-state index contributed by atoms with van der Waals surface area (Å²) in [6.07, 6.45) is 6.72. The summed E-state index contributed by atoms with van der Waals surface area (Å²) in [5.74, 6) is 0.518. The number of rotatable bonds is 4. The van der Waals surface area contributed by atoms with Crippen LogP contribution in [0.3, 0.4) is 0 Å². The highest BCUT2D eigenvalue weighted by atomic mass is 32.1. The maximum absolute atomic E-state index is 13.5. The van der Waals surface area contributed by atoms with Gasteiger partial charge in [-0.05, 0) is 48.6 Å². The number of aromatic nitrogens is 2. The molecular weight excluding hydrogens is 422 g/mol. The highest BCUT2D eigenvalue weighted by Crippen LogP contribution is 2.39. The largest absolute Gasteiger partial charge is 0.388 e. The first-order chi connectivity index (χ1) is 15.5. The van der Waals surface area contributed by atoms with Crippen LogP contribution in [-0.4, -0.2) is 44.2 Å². The molecule has 32 heavy (non-hydrogen) atoms. The molecule has 3 heterocycles. The number of aliphatic hydroxyl groups is 1. The van der Waals surface area contributed by atoms with Crippen LogP contribution >= 0.6 is 11.3 Å². The van der Waals surface area contributed by atoms with Crippen molar-refractivity contribution in [2.45, 2.75) is 56.6 Å². The summed E-state index contributed by atoms with van der Waals surface area (Å²) in [6.45, 7) is 1.26. The fourth-order valence-electron chi connectivity index (χ4n) is 5.38. The summed E-state index contributed by atoms with van der Waals surface area (Å²) in [7, 11) is 0. The van der Waals surface area contributed by atoms with Crippen molar-refractivity contribution in [3.8, 4) is 0 Å². The molecule has 7 heteroatoms. The quantitative estimate of drug-likeness (QED) is 0.655. The zero-order chi connectivity index (χ0) is 22.1. The first-order valence-electron chi connectivity index (χ1n) is 11.5. The van der Waals surface area contributed by atoms with Gasteiger partial charge in [0.15, 0.2) is 0 Å². The molecule has 1 aliphatic carbocycles. The number of benzene rings is 1. The van der Waals surface area contributed by atoms with Crippen LogP contribution in [0.4, 0.5) is 0 Å². The Labute approximate surface area is 191 Å². The third-order valence-electron chi connectivity index (χ3n) is 7.23. The lowest BCUT2D eigenvalue weighted by Gasteiger charge is -2.41. The molecular formula is C25H29N3O3S. The van der Waals surface area contributed by atoms with Crippen molar-refractivity contribution < 1.29 is 9.90 Å². The van der Waals surface area contributed by atoms with Crippen molar-refractivity contribution in [3.05, 3.63) is 64.0 Å². The van der Waals surface area contributed by atoms with Crippen LogP contribution in [0.25, 0.3) is 10.2 Å². The van der Waals surface area contributed by atoms with Crippen LogP contribution in [0, 0.1) is 5.92 Å². The van der Waals surface area contributed by atoms with Crippen molar-refractivity contribution in [2.24, 2.45) is 5.92 Å². The van der Waals surface area contributed by atoms with E-state index in [0.717, 1.165) is 24.1 Å². The maximum atomic E-state index is 13.5. The van der Waals surface area contributed by atoms with Crippen molar-refractivity contribution in [3.63, 3.8) is 0 Å². The summed E-state index contributed by atoms with van der Waals surface area (Å²) >= 11 is 1.44. The molecule has 1 aliphatic heterocycles. The Morgan fingerprint density at radius 3 is 2.66 bits per heavy atom. The Hall–Kier alpha value is -2.51. The molecule has 168 valence electrons. The number of carbonyl (C=O) groups excluding carboxylic acids is 1. The highest BCUT2D eigenvalue weighted by Gasteiger charge is 2.39. The van der Waals surface area contributed by atoms with Gasteiger partial charge in [-0.2, -0.15) is 0 Å². The second-order valence-corrected chi connectivity index (χ2v) is 10.2. The molecule has 1 amide bonds. The van der Waals surface area contributed by atoms with Gasteiger partial charge in [0.25, 0.3) is 5.56 Å². The average molecular weight is 452 g/mol. The molecule has 1 saturated carbocycles. The predicted molar refractivity (Wildman–Crippen MR) is 126 cm³/mol. The minimum Gasteiger partial charge on any atom is -0.388 e. The molecule has 1 saturated heterocycles. The van der Waals surface area contributed by atoms with Gasteiger partial charge in [0.2, 0.25) is 5.91 Å². The third kappa shape index (κ3) is 4.11. The normalized spacial score (nSPS) is 23.3. The van der Waals surface area contributed by atoms with E-state index in [1.165, 1.54) is 34.2 Å². The standard InChI is InChI=1S/C25H29N3O3S/c29-23(20-9-5-4-8-19(20)18-6-2-1-3-7-18)27-13-11-25(31,12-14-27)16-28-17-26-22-21(24(28)30)10-15-32-22/h1-3,6-7,10,15,17,19-20,31H,4-5,8-9,11-14,16H2. The summed E-state index contributed by atoms with van der Waals surface area (Å²) in [5.41, 5.74) is 0.142. The zero-order valence-electron chi connectivity index (χ0n) is 18.2. The molecule has 2 atom stereocenters. The average Bonchev–Trinajstić information content (AvgIpc) is 3.31. The van der Waals surface area contributed by atoms with Crippen LogP contribution in [0.2, 0.25) is 0 Å². The second-order valence-electron chi connectivity index (χ2n) is 9.27. The van der Waals surface area contributed by atoms with E-state index in [1.54, 1.807) is 6.07 Å². The fraction of sp³-hybridized carbons (Fsp3) is 0.480. The van der Waals surface area contributed by atoms with E-state index in [9.17, 15) is 14.7 Å². The van der Waals surface area contributed by atoms with Crippen LogP contribution < -0.4 is 5.56 Å². The number of carbonyl (C=O) groups is 1. The molecule has 0 bridgehead atoms. The number of nitrogens with zero attached hydrogens (tertiary/aromatic N) is 3. The van der Waals surface area contributed by atoms with E-state index < -0.39 is 5.60 Å². The SMILES string of the molecule is O=C(C1CCCCC1c1ccccc1)N1CCC(O)(Cn2cnc3sccc3c2=O)CC1. The highest BCUT2D eigenvalue weighted by molar-refractivity contribution is 7.16. The van der Waals surface area contributed by atoms with Crippen LogP contribution in [-0.2, 0) is 11.3 Å². The lowest BCUT2D eigenvalue weighted by atomic mass is 9.74. The number of hydrogen-bond donors (Lipinski definition) is 1. The predicted octanol–water partition coefficient (Wildman–Crippen LogP) is 3.79. The number of piperidine rings is 1. The molecule has 2 fully saturated rings. The van der Waals surface area contributed by atoms with Crippen LogP contribution in [0.1, 0.15) is 50.0 Å². The van der Waals surface area contributed by atoms with Crippen molar-refractivity contribution >= 4 is 27.5 Å². The molecule has 2 aromatic heterocycles. The summed E-state index contributed by atoms with van der Waals surface area (Å²) < 4.78 is 1.51. The first kappa shape index (κ1) is 21.3. The lowest BCUT2D eigenvalue weighted by molar-refractivity contribution is -0.142. The molecule has 1 aromatic carbocycles. The zero-order valence-corrected chi connectivity index (χ0v) is 19.0. The minimum atomic E-state index is -1.00. The number of hydrogen-bond acceptors (Lipinski definition) is 5. The lowest BCUT2D eigenvalue weighted by Crippen LogP contribution is -2.51. The monoisotopic (exact) mass is 451 g/mol. The Balaban J connectivity index is 1.26. The van der Waals surface area contributed by atoms with Crippen molar-refractivity contribution in [1.82, 2.24) is 14.5 Å². The van der Waals surface area contributed by atoms with E-state index in [1.807, 2.05) is 16.3 Å². The Bertz CT molecular complexity index is 1150. The van der Waals surface area contributed by atoms with Crippen molar-refractivity contribution in [1.29, 1.82) is 0 Å². The van der Waals surface area contributed by atoms with Crippen LogP contribution in [0.15, 0.2) is 52.9 Å². The molecule has 0 spiro atoms. The summed E-state index contributed by atoms with van der Waals surface area (Å²) in [6, 6.07) is 12.2. The van der Waals surface area contributed by atoms with Crippen molar-refractivity contribution in [2.75, 3.05) is 13.1 Å².